The van der Waals surface area contributed by atoms with Gasteiger partial charge in [0.15, 0.2) is 11.6 Å². The van der Waals surface area contributed by atoms with Crippen molar-refractivity contribution < 1.29 is 32.7 Å². The van der Waals surface area contributed by atoms with E-state index in [0.29, 0.717) is 5.76 Å². The highest BCUT2D eigenvalue weighted by molar-refractivity contribution is 5.71. The van der Waals surface area contributed by atoms with Crippen molar-refractivity contribution in [1.29, 1.82) is 0 Å². The van der Waals surface area contributed by atoms with E-state index in [2.05, 4.69) is 9.97 Å². The molecule has 0 aliphatic carbocycles. The van der Waals surface area contributed by atoms with E-state index in [1.165, 1.54) is 30.4 Å². The minimum atomic E-state index is -0.793. The molecule has 174 valence electrons. The highest BCUT2D eigenvalue weighted by atomic mass is 19.1. The molecule has 11 nitrogen and oxygen atoms in total. The van der Waals surface area contributed by atoms with E-state index in [9.17, 15) is 19.3 Å². The molecule has 0 saturated carbocycles. The van der Waals surface area contributed by atoms with Crippen LogP contribution in [0.2, 0.25) is 0 Å². The van der Waals surface area contributed by atoms with Crippen LogP contribution in [-0.2, 0) is 16.1 Å². The first kappa shape index (κ1) is 23.4. The van der Waals surface area contributed by atoms with E-state index in [0.717, 1.165) is 12.4 Å². The molecule has 0 spiro atoms. The number of anilines is 1. The normalized spacial score (nSPS) is 10.5. The lowest BCUT2D eigenvalue weighted by molar-refractivity contribution is -0.385. The van der Waals surface area contributed by atoms with Crippen LogP contribution in [0.3, 0.4) is 0 Å². The number of hydrogen-bond donors (Lipinski definition) is 0. The fourth-order valence-corrected chi connectivity index (χ4v) is 2.98. The first-order chi connectivity index (χ1) is 15.9. The monoisotopic (exact) mass is 460 g/mol. The number of carbonyl (C=O) groups is 1. The van der Waals surface area contributed by atoms with Crippen molar-refractivity contribution in [3.05, 3.63) is 64.6 Å². The number of furan rings is 1. The van der Waals surface area contributed by atoms with E-state index < -0.39 is 28.3 Å². The minimum Gasteiger partial charge on any atom is -0.493 e. The summed E-state index contributed by atoms with van der Waals surface area (Å²) in [5, 5.41) is 12.0. The van der Waals surface area contributed by atoms with Gasteiger partial charge < -0.3 is 23.5 Å². The third-order valence-corrected chi connectivity index (χ3v) is 4.42. The molecule has 0 unspecified atom stereocenters. The predicted octanol–water partition coefficient (Wildman–Crippen LogP) is 3.88. The summed E-state index contributed by atoms with van der Waals surface area (Å²) < 4.78 is 35.2. The number of rotatable bonds is 11. The zero-order valence-corrected chi connectivity index (χ0v) is 17.9. The fourth-order valence-electron chi connectivity index (χ4n) is 2.98. The second kappa shape index (κ2) is 10.9. The summed E-state index contributed by atoms with van der Waals surface area (Å²) >= 11 is 0. The summed E-state index contributed by atoms with van der Waals surface area (Å²) in [6.07, 6.45) is 2.43. The maximum absolute atomic E-state index is 14.4. The van der Waals surface area contributed by atoms with Gasteiger partial charge >= 0.3 is 17.5 Å². The van der Waals surface area contributed by atoms with E-state index in [4.69, 9.17) is 18.6 Å². The van der Waals surface area contributed by atoms with E-state index in [-0.39, 0.29) is 43.4 Å². The molecule has 33 heavy (non-hydrogen) atoms. The summed E-state index contributed by atoms with van der Waals surface area (Å²) in [6, 6.07) is 7.29. The van der Waals surface area contributed by atoms with Crippen molar-refractivity contribution in [3.63, 3.8) is 0 Å². The fraction of sp³-hybridized carbons (Fsp3) is 0.286. The van der Waals surface area contributed by atoms with Crippen LogP contribution in [0, 0.1) is 15.9 Å². The lowest BCUT2D eigenvalue weighted by Crippen LogP contribution is -2.28. The molecular weight excluding hydrogens is 439 g/mol. The second-order valence-corrected chi connectivity index (χ2v) is 6.54. The highest BCUT2D eigenvalue weighted by Crippen LogP contribution is 2.40. The summed E-state index contributed by atoms with van der Waals surface area (Å²) in [4.78, 5) is 32.5. The Labute approximate surface area is 187 Å². The van der Waals surface area contributed by atoms with Crippen LogP contribution in [0.1, 0.15) is 19.1 Å². The largest absolute Gasteiger partial charge is 0.493 e. The summed E-state index contributed by atoms with van der Waals surface area (Å²) in [5.41, 5.74) is -0.613. The highest BCUT2D eigenvalue weighted by Gasteiger charge is 2.31. The van der Waals surface area contributed by atoms with Crippen molar-refractivity contribution in [1.82, 2.24) is 9.97 Å². The molecule has 0 N–H and O–H groups in total. The quantitative estimate of drug-likeness (QED) is 0.236. The van der Waals surface area contributed by atoms with Crippen molar-refractivity contribution in [3.8, 4) is 17.4 Å². The Hall–Kier alpha value is -4.22. The van der Waals surface area contributed by atoms with Crippen molar-refractivity contribution >= 4 is 17.5 Å². The number of para-hydroxylation sites is 1. The smallest absolute Gasteiger partial charge is 0.373 e. The molecule has 0 aliphatic heterocycles. The molecular formula is C21H21FN4O7. The number of benzene rings is 1. The van der Waals surface area contributed by atoms with Crippen molar-refractivity contribution in [2.45, 2.75) is 19.9 Å². The molecule has 0 radical (unpaired) electrons. The van der Waals surface area contributed by atoms with Crippen LogP contribution in [-0.4, -0.2) is 41.1 Å². The van der Waals surface area contributed by atoms with Crippen LogP contribution in [0.15, 0.2) is 47.3 Å². The van der Waals surface area contributed by atoms with Gasteiger partial charge in [-0.1, -0.05) is 6.07 Å². The summed E-state index contributed by atoms with van der Waals surface area (Å²) in [5.74, 6) is -1.76. The van der Waals surface area contributed by atoms with Gasteiger partial charge in [0.2, 0.25) is 11.6 Å². The third kappa shape index (κ3) is 5.73. The lowest BCUT2D eigenvalue weighted by Gasteiger charge is -2.22. The Morgan fingerprint density at radius 3 is 2.76 bits per heavy atom. The standard InChI is InChI=1S/C21H21FN4O7/c1-3-31-17(27)9-10-25(12-14-6-5-11-32-14)20-18(26(28)29)21(24-13-23-20)33-19-15(22)7-4-8-16(19)30-2/h4-8,11,13H,3,9-10,12H2,1-2H3. The van der Waals surface area contributed by atoms with Gasteiger partial charge in [0.25, 0.3) is 0 Å². The van der Waals surface area contributed by atoms with Gasteiger partial charge in [0.1, 0.15) is 12.1 Å². The first-order valence-corrected chi connectivity index (χ1v) is 9.87. The van der Waals surface area contributed by atoms with Crippen LogP contribution < -0.4 is 14.4 Å². The van der Waals surface area contributed by atoms with Gasteiger partial charge in [-0.05, 0) is 31.2 Å². The number of carbonyl (C=O) groups excluding carboxylic acids is 1. The lowest BCUT2D eigenvalue weighted by atomic mass is 10.3. The average Bonchev–Trinajstić information content (AvgIpc) is 3.31. The molecule has 2 heterocycles. The third-order valence-electron chi connectivity index (χ3n) is 4.42. The van der Waals surface area contributed by atoms with Crippen molar-refractivity contribution in [2.75, 3.05) is 25.2 Å². The van der Waals surface area contributed by atoms with Gasteiger partial charge in [-0.2, -0.15) is 4.98 Å². The molecule has 2 aromatic heterocycles. The number of esters is 1. The minimum absolute atomic E-state index is 0.0270. The van der Waals surface area contributed by atoms with Gasteiger partial charge in [-0.25, -0.2) is 9.37 Å². The Morgan fingerprint density at radius 1 is 1.27 bits per heavy atom. The summed E-state index contributed by atoms with van der Waals surface area (Å²) in [6.45, 7) is 1.97. The Balaban J connectivity index is 2.01. The number of methoxy groups -OCH3 is 1. The topological polar surface area (TPSA) is 130 Å². The second-order valence-electron chi connectivity index (χ2n) is 6.54. The van der Waals surface area contributed by atoms with Crippen LogP contribution in [0.4, 0.5) is 15.9 Å². The molecule has 0 fully saturated rings. The molecule has 0 bridgehead atoms. The summed E-state index contributed by atoms with van der Waals surface area (Å²) in [7, 11) is 1.31. The zero-order valence-electron chi connectivity index (χ0n) is 17.9. The number of ether oxygens (including phenoxy) is 3. The molecule has 3 aromatic rings. The molecule has 1 aromatic carbocycles. The first-order valence-electron chi connectivity index (χ1n) is 9.87. The van der Waals surface area contributed by atoms with Gasteiger partial charge in [-0.3, -0.25) is 14.9 Å². The molecule has 0 aliphatic rings. The number of hydrogen-bond acceptors (Lipinski definition) is 10. The number of nitro groups is 1. The van der Waals surface area contributed by atoms with Gasteiger partial charge in [0, 0.05) is 6.54 Å². The number of aromatic nitrogens is 2. The zero-order chi connectivity index (χ0) is 23.8. The maximum Gasteiger partial charge on any atom is 0.373 e. The maximum atomic E-state index is 14.4. The van der Waals surface area contributed by atoms with Gasteiger partial charge in [0.05, 0.1) is 37.9 Å². The van der Waals surface area contributed by atoms with Gasteiger partial charge in [-0.15, -0.1) is 0 Å². The molecule has 0 atom stereocenters. The van der Waals surface area contributed by atoms with E-state index in [1.54, 1.807) is 19.1 Å². The van der Waals surface area contributed by atoms with Crippen LogP contribution >= 0.6 is 0 Å². The molecule has 12 heteroatoms. The molecule has 3 rings (SSSR count). The molecule has 0 amide bonds. The number of halogens is 1. The average molecular weight is 460 g/mol. The Morgan fingerprint density at radius 2 is 2.09 bits per heavy atom. The Kier molecular flexibility index (Phi) is 7.73. The Bertz CT molecular complexity index is 1110. The predicted molar refractivity (Wildman–Crippen MR) is 113 cm³/mol. The van der Waals surface area contributed by atoms with E-state index in [1.807, 2.05) is 0 Å². The van der Waals surface area contributed by atoms with E-state index >= 15 is 0 Å². The SMILES string of the molecule is CCOC(=O)CCN(Cc1ccco1)c1ncnc(Oc2c(F)cccc2OC)c1[N+](=O)[O-]. The van der Waals surface area contributed by atoms with Crippen molar-refractivity contribution in [2.24, 2.45) is 0 Å². The number of nitrogens with zero attached hydrogens (tertiary/aromatic N) is 4. The van der Waals surface area contributed by atoms with Crippen LogP contribution in [0.25, 0.3) is 0 Å². The van der Waals surface area contributed by atoms with Crippen LogP contribution in [0.5, 0.6) is 17.4 Å². The molecule has 0 saturated heterocycles.